The SMILES string of the molecule is COCO[C@H]1[C@H](C[C@@H](C)[C@@H]2CC[C@H](C)/C=C/CC/C=C/C(O[Si](C)(C)C(C)(C)C)[C@H](C)C(O[Si](C)(C)C(C)(C)C)CC[C@@H](C)C(=O)C(Oc3ccccc3O)C(=O)N3CCCC[C@H]3C(=O)O2)CC[C@H]2O[C@](C)(OC)[C@@](C)(OC)O[C@H]12. The van der Waals surface area contributed by atoms with E-state index >= 15 is 14.4 Å². The summed E-state index contributed by atoms with van der Waals surface area (Å²) in [5, 5.41) is 10.9. The number of fused-ring (bicyclic) bond motifs is 2. The Kier molecular flexibility index (Phi) is 24.4. The van der Waals surface area contributed by atoms with Crippen LogP contribution >= 0.6 is 0 Å². The van der Waals surface area contributed by atoms with Crippen molar-refractivity contribution in [3.05, 3.63) is 48.6 Å². The van der Waals surface area contributed by atoms with E-state index in [9.17, 15) is 5.11 Å². The zero-order chi connectivity index (χ0) is 59.6. The number of rotatable bonds is 14. The molecule has 15 nitrogen and oxygen atoms in total. The molecule has 0 spiro atoms. The highest BCUT2D eigenvalue weighted by molar-refractivity contribution is 6.74. The van der Waals surface area contributed by atoms with Gasteiger partial charge < -0.3 is 56.8 Å². The number of hydrogen-bond acceptors (Lipinski definition) is 14. The Morgan fingerprint density at radius 2 is 1.40 bits per heavy atom. The van der Waals surface area contributed by atoms with Gasteiger partial charge in [-0.05, 0) is 157 Å². The fourth-order valence-electron chi connectivity index (χ4n) is 11.3. The number of hydrogen-bond donors (Lipinski definition) is 1. The maximum atomic E-state index is 15.3. The van der Waals surface area contributed by atoms with E-state index in [0.717, 1.165) is 25.7 Å². The largest absolute Gasteiger partial charge is 0.504 e. The minimum atomic E-state index is -2.37. The van der Waals surface area contributed by atoms with Crippen LogP contribution in [0.3, 0.4) is 0 Å². The van der Waals surface area contributed by atoms with E-state index in [4.69, 9.17) is 46.7 Å². The molecular formula is C63H107NO14Si2. The van der Waals surface area contributed by atoms with Gasteiger partial charge in [-0.3, -0.25) is 9.59 Å². The number of Topliss-reactive ketones (excluding diaryl/α,β-unsaturated/α-hetero) is 1. The van der Waals surface area contributed by atoms with Crippen molar-refractivity contribution in [1.29, 1.82) is 0 Å². The molecule has 1 aromatic carbocycles. The molecule has 3 aliphatic heterocycles. The average molecular weight is 1160 g/mol. The van der Waals surface area contributed by atoms with Gasteiger partial charge in [-0.1, -0.05) is 106 Å². The molecule has 1 aliphatic carbocycles. The van der Waals surface area contributed by atoms with Crippen LogP contribution < -0.4 is 4.74 Å². The summed E-state index contributed by atoms with van der Waals surface area (Å²) in [5.41, 5.74) is 0. The normalized spacial score (nSPS) is 34.8. The number of amides is 1. The van der Waals surface area contributed by atoms with Crippen molar-refractivity contribution in [3.8, 4) is 11.5 Å². The zero-order valence-corrected chi connectivity index (χ0v) is 54.7. The number of carbonyl (C=O) groups excluding carboxylic acids is 3. The quantitative estimate of drug-likeness (QED) is 0.0614. The van der Waals surface area contributed by atoms with E-state index < -0.39 is 82.2 Å². The molecule has 3 heterocycles. The third-order valence-electron chi connectivity index (χ3n) is 19.1. The lowest BCUT2D eigenvalue weighted by molar-refractivity contribution is -0.461. The highest BCUT2D eigenvalue weighted by atomic mass is 28.4. The van der Waals surface area contributed by atoms with Crippen molar-refractivity contribution in [3.63, 3.8) is 0 Å². The van der Waals surface area contributed by atoms with Crippen molar-refractivity contribution < 1.29 is 66.2 Å². The molecule has 0 bridgehead atoms. The first-order valence-corrected chi connectivity index (χ1v) is 35.9. The number of para-hydroxylation sites is 2. The van der Waals surface area contributed by atoms with Gasteiger partial charge in [-0.2, -0.15) is 0 Å². The Bertz CT molecular complexity index is 2210. The van der Waals surface area contributed by atoms with Crippen LogP contribution in [0.25, 0.3) is 0 Å². The average Bonchev–Trinajstić information content (AvgIpc) is 3.39. The number of benzene rings is 1. The van der Waals surface area contributed by atoms with E-state index in [1.54, 1.807) is 39.5 Å². The molecule has 0 aromatic heterocycles. The summed E-state index contributed by atoms with van der Waals surface area (Å²) in [4.78, 5) is 47.0. The number of ketones is 1. The molecule has 80 heavy (non-hydrogen) atoms. The molecule has 3 fully saturated rings. The summed E-state index contributed by atoms with van der Waals surface area (Å²) < 4.78 is 64.9. The van der Waals surface area contributed by atoms with Crippen LogP contribution in [0.5, 0.6) is 11.5 Å². The molecule has 2 saturated heterocycles. The topological polar surface area (TPSA) is 167 Å². The van der Waals surface area contributed by atoms with Crippen LogP contribution in [0.15, 0.2) is 48.6 Å². The van der Waals surface area contributed by atoms with Gasteiger partial charge in [0.15, 0.2) is 33.9 Å². The van der Waals surface area contributed by atoms with Crippen LogP contribution in [0.4, 0.5) is 0 Å². The predicted molar refractivity (Wildman–Crippen MR) is 318 cm³/mol. The zero-order valence-electron chi connectivity index (χ0n) is 52.7. The summed E-state index contributed by atoms with van der Waals surface area (Å²) in [6.07, 6.45) is 12.8. The highest BCUT2D eigenvalue weighted by Crippen LogP contribution is 2.47. The standard InChI is InChI=1S/C63H107NO14Si2/c1-42-28-22-20-21-23-31-50(77-79(16,17)60(5,6)7)45(4)51(78-80(18,19)61(8,9)10)37-34-43(2)54(66)57(73-52-32-25-24-30-48(52)65)58(67)64-39-27-26-29-47(64)59(68)74-49(36-33-42)44(3)40-46-35-38-53-56(55(46)72-41-69-13)76-63(12,71-15)62(11,70-14)75-53/h22-25,28,30-32,42-47,49-51,53,55-57,65H,20-21,26-27,29,33-41H2,1-19H3/b28-22+,31-23+/t42-,43-,44-,45+,46+,47+,49+,50?,51?,53-,55+,56+,57?,62+,63+/m1/s1. The molecule has 5 rings (SSSR count). The lowest BCUT2D eigenvalue weighted by atomic mass is 9.75. The Morgan fingerprint density at radius 1 is 0.775 bits per heavy atom. The number of piperidine rings is 1. The van der Waals surface area contributed by atoms with E-state index in [1.165, 1.54) is 11.0 Å². The van der Waals surface area contributed by atoms with Crippen LogP contribution in [0, 0.1) is 29.6 Å². The number of methoxy groups -OCH3 is 3. The second kappa shape index (κ2) is 28.7. The van der Waals surface area contributed by atoms with E-state index in [2.05, 4.69) is 113 Å². The molecule has 0 radical (unpaired) electrons. The molecule has 3 unspecified atom stereocenters. The Labute approximate surface area is 484 Å². The number of carbonyl (C=O) groups is 3. The molecule has 15 atom stereocenters. The van der Waals surface area contributed by atoms with Gasteiger partial charge in [0.05, 0.1) is 24.4 Å². The number of nitrogens with zero attached hydrogens (tertiary/aromatic N) is 1. The molecule has 17 heteroatoms. The summed E-state index contributed by atoms with van der Waals surface area (Å²) in [7, 11) is 0.0894. The van der Waals surface area contributed by atoms with Crippen LogP contribution in [0.1, 0.15) is 160 Å². The summed E-state index contributed by atoms with van der Waals surface area (Å²) in [5.74, 6) is -4.89. The number of cyclic esters (lactones) is 1. The fraction of sp³-hybridized carbons (Fsp3) is 0.794. The second-order valence-electron chi connectivity index (χ2n) is 27.1. The van der Waals surface area contributed by atoms with Crippen molar-refractivity contribution in [2.75, 3.05) is 34.7 Å². The Balaban J connectivity index is 1.54. The first-order chi connectivity index (χ1) is 37.3. The minimum Gasteiger partial charge on any atom is -0.504 e. The monoisotopic (exact) mass is 1160 g/mol. The van der Waals surface area contributed by atoms with Crippen LogP contribution in [0.2, 0.25) is 36.3 Å². The minimum absolute atomic E-state index is 0.00804. The second-order valence-corrected chi connectivity index (χ2v) is 36.6. The highest BCUT2D eigenvalue weighted by Gasteiger charge is 2.60. The molecule has 1 saturated carbocycles. The fourth-order valence-corrected chi connectivity index (χ4v) is 14.0. The number of phenols is 1. The molecule has 456 valence electrons. The number of aromatic hydroxyl groups is 1. The Morgan fingerprint density at radius 3 is 2.02 bits per heavy atom. The number of esters is 1. The van der Waals surface area contributed by atoms with Crippen LogP contribution in [-0.2, 0) is 56.4 Å². The number of allylic oxidation sites excluding steroid dienone is 3. The van der Waals surface area contributed by atoms with Gasteiger partial charge in [0.1, 0.15) is 25.0 Å². The van der Waals surface area contributed by atoms with Crippen molar-refractivity contribution in [1.82, 2.24) is 4.90 Å². The first-order valence-electron chi connectivity index (χ1n) is 30.1. The van der Waals surface area contributed by atoms with Crippen molar-refractivity contribution >= 4 is 34.3 Å². The first kappa shape index (κ1) is 67.8. The summed E-state index contributed by atoms with van der Waals surface area (Å²) in [6.45, 7) is 34.9. The van der Waals surface area contributed by atoms with E-state index in [1.807, 2.05) is 20.8 Å². The van der Waals surface area contributed by atoms with Gasteiger partial charge >= 0.3 is 5.97 Å². The lowest BCUT2D eigenvalue weighted by Crippen LogP contribution is -2.69. The molecule has 1 amide bonds. The summed E-state index contributed by atoms with van der Waals surface area (Å²) in [6, 6.07) is 5.40. The van der Waals surface area contributed by atoms with Gasteiger partial charge in [0.25, 0.3) is 5.91 Å². The van der Waals surface area contributed by atoms with Gasteiger partial charge in [0, 0.05) is 39.7 Å². The van der Waals surface area contributed by atoms with Gasteiger partial charge in [0.2, 0.25) is 17.7 Å². The molecular weight excluding hydrogens is 1050 g/mol. The summed E-state index contributed by atoms with van der Waals surface area (Å²) >= 11 is 0. The van der Waals surface area contributed by atoms with Crippen LogP contribution in [-0.4, -0.2) is 139 Å². The van der Waals surface area contributed by atoms with E-state index in [0.29, 0.717) is 51.4 Å². The van der Waals surface area contributed by atoms with E-state index in [-0.39, 0.29) is 76.9 Å². The van der Waals surface area contributed by atoms with Gasteiger partial charge in [-0.25, -0.2) is 4.79 Å². The molecule has 1 N–H and O–H groups in total. The van der Waals surface area contributed by atoms with Crippen molar-refractivity contribution in [2.45, 2.75) is 257 Å². The third-order valence-corrected chi connectivity index (χ3v) is 28.1. The predicted octanol–water partition coefficient (Wildman–Crippen LogP) is 13.1. The molecule has 4 aliphatic rings. The lowest BCUT2D eigenvalue weighted by Gasteiger charge is -2.56. The third kappa shape index (κ3) is 16.9. The smallest absolute Gasteiger partial charge is 0.329 e. The number of ether oxygens (including phenoxy) is 8. The van der Waals surface area contributed by atoms with Crippen molar-refractivity contribution in [2.24, 2.45) is 29.6 Å². The maximum absolute atomic E-state index is 15.3. The van der Waals surface area contributed by atoms with Gasteiger partial charge in [-0.15, -0.1) is 0 Å². The Hall–Kier alpha value is -2.98. The maximum Gasteiger partial charge on any atom is 0.329 e. The molecule has 1 aromatic rings. The number of phenolic OH excluding ortho intramolecular Hbond substituents is 1.